The van der Waals surface area contributed by atoms with Crippen LogP contribution in [-0.2, 0) is 10.0 Å². The molecule has 176 valence electrons. The highest BCUT2D eigenvalue weighted by Gasteiger charge is 2.31. The van der Waals surface area contributed by atoms with Crippen LogP contribution in [0.2, 0.25) is 0 Å². The van der Waals surface area contributed by atoms with Crippen LogP contribution in [0.5, 0.6) is 5.75 Å². The number of rotatable bonds is 10. The molecule has 13 heteroatoms. The molecule has 0 spiro atoms. The highest BCUT2D eigenvalue weighted by molar-refractivity contribution is 7.91. The van der Waals surface area contributed by atoms with Gasteiger partial charge in [0.25, 0.3) is 10.0 Å². The van der Waals surface area contributed by atoms with Gasteiger partial charge in [-0.15, -0.1) is 11.3 Å². The van der Waals surface area contributed by atoms with Crippen molar-refractivity contribution < 1.29 is 27.5 Å². The topological polar surface area (TPSA) is 148 Å². The third-order valence-corrected chi connectivity index (χ3v) is 8.44. The van der Waals surface area contributed by atoms with E-state index in [0.717, 1.165) is 17.1 Å². The number of aromatic nitrogens is 2. The number of aryl methyl sites for hydroxylation is 1. The third-order valence-electron chi connectivity index (χ3n) is 4.90. The van der Waals surface area contributed by atoms with Crippen LogP contribution >= 0.6 is 11.3 Å². The molecule has 0 saturated carbocycles. The van der Waals surface area contributed by atoms with Crippen LogP contribution in [-0.4, -0.2) is 36.1 Å². The molecule has 32 heavy (non-hydrogen) atoms. The zero-order chi connectivity index (χ0) is 23.6. The maximum atomic E-state index is 12.8. The number of hydrogen-bond acceptors (Lipinski definition) is 10. The normalized spacial score (nSPS) is 13.1. The lowest BCUT2D eigenvalue weighted by Gasteiger charge is -2.18. The molecule has 0 bridgehead atoms. The van der Waals surface area contributed by atoms with E-state index in [-0.39, 0.29) is 51.5 Å². The molecule has 0 aliphatic carbocycles. The molecule has 0 radical (unpaired) electrons. The molecule has 3 aromatic rings. The van der Waals surface area contributed by atoms with Crippen LogP contribution in [0.25, 0.3) is 0 Å². The summed E-state index contributed by atoms with van der Waals surface area (Å²) in [4.78, 5) is 0.199. The second-order valence-corrected chi connectivity index (χ2v) is 10.5. The van der Waals surface area contributed by atoms with E-state index in [1.54, 1.807) is 13.8 Å². The lowest BCUT2D eigenvalue weighted by molar-refractivity contribution is -0.791. The highest BCUT2D eigenvalue weighted by Crippen LogP contribution is 2.41. The van der Waals surface area contributed by atoms with Crippen molar-refractivity contribution in [2.45, 2.75) is 44.9 Å². The molecule has 0 aromatic carbocycles. The highest BCUT2D eigenvalue weighted by atomic mass is 32.2. The minimum atomic E-state index is -3.85. The quantitative estimate of drug-likeness (QED) is 0.367. The van der Waals surface area contributed by atoms with E-state index in [1.165, 1.54) is 9.69 Å². The zero-order valence-corrected chi connectivity index (χ0v) is 20.1. The second-order valence-electron chi connectivity index (χ2n) is 7.44. The van der Waals surface area contributed by atoms with Crippen molar-refractivity contribution in [3.05, 3.63) is 34.2 Å². The largest absolute Gasteiger partial charge is 0.504 e. The summed E-state index contributed by atoms with van der Waals surface area (Å²) < 4.78 is 37.0. The Balaban J connectivity index is 1.90. The molecular weight excluding hydrogens is 458 g/mol. The van der Waals surface area contributed by atoms with Gasteiger partial charge in [-0.1, -0.05) is 32.6 Å². The Bertz CT molecular complexity index is 1160. The summed E-state index contributed by atoms with van der Waals surface area (Å²) in [5.74, 6) is 0.927. The summed E-state index contributed by atoms with van der Waals surface area (Å²) in [6, 6.07) is 3.28. The number of nitrogens with one attached hydrogen (secondary N) is 2. The van der Waals surface area contributed by atoms with E-state index >= 15 is 0 Å². The maximum Gasteiger partial charge on any atom is 0.320 e. The number of nitrogens with zero attached hydrogens (tertiary/aromatic N) is 3. The summed E-state index contributed by atoms with van der Waals surface area (Å²) in [6.07, 6.45) is 0. The van der Waals surface area contributed by atoms with Gasteiger partial charge in [-0.3, -0.25) is 5.32 Å². The van der Waals surface area contributed by atoms with Crippen LogP contribution in [0, 0.1) is 18.0 Å². The number of aromatic hydroxyl groups is 1. The lowest BCUT2D eigenvalue weighted by Crippen LogP contribution is -2.30. The number of furan rings is 1. The Hall–Kier alpha value is -2.77. The van der Waals surface area contributed by atoms with Crippen LogP contribution in [0.15, 0.2) is 30.8 Å². The van der Waals surface area contributed by atoms with Gasteiger partial charge in [-0.2, -0.15) is 4.31 Å². The number of sulfonamides is 1. The lowest BCUT2D eigenvalue weighted by atomic mass is 10.0. The molecule has 3 rings (SSSR count). The van der Waals surface area contributed by atoms with Crippen molar-refractivity contribution in [3.63, 3.8) is 0 Å². The van der Waals surface area contributed by atoms with Crippen LogP contribution < -0.4 is 15.5 Å². The van der Waals surface area contributed by atoms with Gasteiger partial charge < -0.3 is 24.7 Å². The van der Waals surface area contributed by atoms with E-state index in [1.807, 2.05) is 32.9 Å². The smallest absolute Gasteiger partial charge is 0.320 e. The van der Waals surface area contributed by atoms with Crippen LogP contribution in [0.3, 0.4) is 0 Å². The first kappa shape index (κ1) is 23.9. The third kappa shape index (κ3) is 4.54. The first-order valence-corrected chi connectivity index (χ1v) is 12.4. The summed E-state index contributed by atoms with van der Waals surface area (Å²) in [5.41, 5.74) is 0.0904. The van der Waals surface area contributed by atoms with Gasteiger partial charge in [0.05, 0.1) is 5.69 Å². The maximum absolute atomic E-state index is 12.8. The monoisotopic (exact) mass is 485 g/mol. The van der Waals surface area contributed by atoms with Crippen molar-refractivity contribution in [2.24, 2.45) is 5.92 Å². The standard InChI is InChI=1S/C19H27N5O6S2/c1-6-23(7-2)32(27,28)19-16(25)13(10-31-19)20-17-18(24(26)30-22-17)21-15(11(3)4)14-9-8-12(5)29-14/h8-11,15,21,25H,6-7H2,1-5H3,(H,20,22)/t15-/m1/s1. The summed E-state index contributed by atoms with van der Waals surface area (Å²) in [6.45, 7) is 9.73. The van der Waals surface area contributed by atoms with E-state index in [0.29, 0.717) is 5.76 Å². The first-order valence-electron chi connectivity index (χ1n) is 10.1. The van der Waals surface area contributed by atoms with Gasteiger partial charge in [0.1, 0.15) is 17.6 Å². The van der Waals surface area contributed by atoms with Crippen molar-refractivity contribution in [1.82, 2.24) is 9.46 Å². The van der Waals surface area contributed by atoms with Crippen molar-refractivity contribution in [1.29, 1.82) is 0 Å². The van der Waals surface area contributed by atoms with E-state index in [2.05, 4.69) is 15.8 Å². The molecule has 3 heterocycles. The molecule has 0 saturated heterocycles. The van der Waals surface area contributed by atoms with Gasteiger partial charge in [0.15, 0.2) is 9.96 Å². The minimum absolute atomic E-state index is 0.00573. The Labute approximate surface area is 190 Å². The summed E-state index contributed by atoms with van der Waals surface area (Å²) >= 11 is 0.872. The molecule has 3 aromatic heterocycles. The Morgan fingerprint density at radius 2 is 2.00 bits per heavy atom. The fraction of sp³-hybridized carbons (Fsp3) is 0.474. The van der Waals surface area contributed by atoms with Crippen LogP contribution in [0.4, 0.5) is 17.3 Å². The van der Waals surface area contributed by atoms with Crippen molar-refractivity contribution in [2.75, 3.05) is 23.7 Å². The second kappa shape index (κ2) is 9.38. The predicted octanol–water partition coefficient (Wildman–Crippen LogP) is 3.56. The zero-order valence-electron chi connectivity index (χ0n) is 18.4. The van der Waals surface area contributed by atoms with Gasteiger partial charge in [-0.25, -0.2) is 8.42 Å². The molecule has 0 fully saturated rings. The average Bonchev–Trinajstić information content (AvgIpc) is 3.41. The van der Waals surface area contributed by atoms with E-state index in [9.17, 15) is 18.7 Å². The summed E-state index contributed by atoms with van der Waals surface area (Å²) in [5, 5.41) is 33.8. The number of hydrogen-bond donors (Lipinski definition) is 3. The SMILES string of the molecule is CCN(CC)S(=O)(=O)c1scc(Nc2no[n+]([O-])c2N[C@@H](c2ccc(C)o2)C(C)C)c1O. The van der Waals surface area contributed by atoms with Crippen molar-refractivity contribution in [3.8, 4) is 5.75 Å². The molecule has 0 aliphatic rings. The molecule has 3 N–H and O–H groups in total. The molecule has 11 nitrogen and oxygen atoms in total. The molecule has 0 unspecified atom stereocenters. The van der Waals surface area contributed by atoms with Gasteiger partial charge in [-0.05, 0) is 30.1 Å². The van der Waals surface area contributed by atoms with Crippen molar-refractivity contribution >= 4 is 38.7 Å². The number of thiophene rings is 1. The van der Waals surface area contributed by atoms with Gasteiger partial charge in [0, 0.05) is 18.5 Å². The molecular formula is C19H27N5O6S2. The number of anilines is 3. The summed E-state index contributed by atoms with van der Waals surface area (Å²) in [7, 11) is -3.85. The van der Waals surface area contributed by atoms with Gasteiger partial charge >= 0.3 is 11.6 Å². The Morgan fingerprint density at radius 1 is 1.31 bits per heavy atom. The molecule has 0 aliphatic heterocycles. The van der Waals surface area contributed by atoms with Crippen LogP contribution in [0.1, 0.15) is 45.3 Å². The Morgan fingerprint density at radius 3 is 2.56 bits per heavy atom. The molecule has 1 atom stereocenters. The average molecular weight is 486 g/mol. The minimum Gasteiger partial charge on any atom is -0.504 e. The fourth-order valence-electron chi connectivity index (χ4n) is 3.20. The molecule has 0 amide bonds. The fourth-order valence-corrected chi connectivity index (χ4v) is 6.03. The first-order chi connectivity index (χ1) is 15.1. The Kier molecular flexibility index (Phi) is 7.00. The van der Waals surface area contributed by atoms with E-state index < -0.39 is 15.8 Å². The van der Waals surface area contributed by atoms with E-state index in [4.69, 9.17) is 9.05 Å². The predicted molar refractivity (Wildman–Crippen MR) is 119 cm³/mol. The van der Waals surface area contributed by atoms with Gasteiger partial charge in [0.2, 0.25) is 0 Å².